The molecule has 13 heteroatoms. The van der Waals surface area contributed by atoms with Gasteiger partial charge in [0.2, 0.25) is 5.65 Å². The predicted molar refractivity (Wildman–Crippen MR) is 136 cm³/mol. The number of aromatic nitrogens is 6. The van der Waals surface area contributed by atoms with E-state index in [0.717, 1.165) is 43.0 Å². The second kappa shape index (κ2) is 8.46. The van der Waals surface area contributed by atoms with E-state index in [-0.39, 0.29) is 11.5 Å². The number of carbonyl (C=O) groups is 1. The lowest BCUT2D eigenvalue weighted by atomic mass is 9.74. The molecule has 0 radical (unpaired) electrons. The highest BCUT2D eigenvalue weighted by Crippen LogP contribution is 2.42. The van der Waals surface area contributed by atoms with Crippen molar-refractivity contribution in [3.63, 3.8) is 0 Å². The lowest BCUT2D eigenvalue weighted by Gasteiger charge is -2.42. The molecule has 1 spiro atoms. The quantitative estimate of drug-likeness (QED) is 0.364. The maximum atomic E-state index is 11.2. The van der Waals surface area contributed by atoms with Crippen LogP contribution in [0.1, 0.15) is 18.5 Å². The Labute approximate surface area is 215 Å². The van der Waals surface area contributed by atoms with Gasteiger partial charge in [-0.1, -0.05) is 23.2 Å². The first-order valence-corrected chi connectivity index (χ1v) is 12.4. The number of halogens is 2. The van der Waals surface area contributed by atoms with Crippen molar-refractivity contribution in [1.82, 2.24) is 35.3 Å². The number of hydrogen-bond donors (Lipinski definition) is 3. The van der Waals surface area contributed by atoms with Crippen molar-refractivity contribution in [1.29, 1.82) is 0 Å². The zero-order valence-corrected chi connectivity index (χ0v) is 21.2. The Morgan fingerprint density at radius 2 is 2.06 bits per heavy atom. The van der Waals surface area contributed by atoms with Crippen molar-refractivity contribution in [2.24, 2.45) is 12.5 Å². The van der Waals surface area contributed by atoms with Crippen LogP contribution in [0.4, 0.5) is 10.6 Å². The zero-order valence-electron chi connectivity index (χ0n) is 19.7. The normalized spacial score (nSPS) is 19.6. The molecule has 2 fully saturated rings. The number of nitrogens with one attached hydrogen (secondary N) is 2. The van der Waals surface area contributed by atoms with E-state index in [2.05, 4.69) is 25.5 Å². The standard InChI is InChI=1S/C23H24Cl2N8O3/c1-11-21(33-7-5-23(6-8-33)10-36-9-14(23)27-22(34)35)28-20-18(26-11)17(29-30-20)12-3-4-13-15(16(12)24)19(25)32(2)31-13/h3-4,14,27H,5-10H2,1-2H3,(H,34,35)(H,28,29,30)/t14-/m1/s1. The van der Waals surface area contributed by atoms with Crippen molar-refractivity contribution >= 4 is 57.2 Å². The number of anilines is 1. The fourth-order valence-electron chi connectivity index (χ4n) is 5.46. The minimum absolute atomic E-state index is 0.192. The lowest BCUT2D eigenvalue weighted by molar-refractivity contribution is 0.127. The van der Waals surface area contributed by atoms with E-state index in [4.69, 9.17) is 37.9 Å². The first-order valence-electron chi connectivity index (χ1n) is 11.6. The second-order valence-corrected chi connectivity index (χ2v) is 10.2. The summed E-state index contributed by atoms with van der Waals surface area (Å²) in [5.41, 5.74) is 3.81. The SMILES string of the molecule is Cc1nc2c(-c3ccc4nn(C)c(Cl)c4c3Cl)[nH]nc2nc1N1CCC2(CC1)COC[C@H]2NC(=O)O. The number of hydrogen-bond acceptors (Lipinski definition) is 7. The molecule has 1 aromatic carbocycles. The van der Waals surface area contributed by atoms with Gasteiger partial charge in [-0.2, -0.15) is 10.2 Å². The molecule has 2 aliphatic heterocycles. The molecule has 188 valence electrons. The number of amides is 1. The van der Waals surface area contributed by atoms with Gasteiger partial charge < -0.3 is 20.1 Å². The summed E-state index contributed by atoms with van der Waals surface area (Å²) in [6.07, 6.45) is 0.577. The van der Waals surface area contributed by atoms with Gasteiger partial charge in [0.1, 0.15) is 10.7 Å². The number of rotatable bonds is 3. The van der Waals surface area contributed by atoms with Crippen LogP contribution in [0.15, 0.2) is 12.1 Å². The van der Waals surface area contributed by atoms with Gasteiger partial charge >= 0.3 is 6.09 Å². The average Bonchev–Trinajstić information content (AvgIpc) is 3.51. The average molecular weight is 531 g/mol. The molecule has 36 heavy (non-hydrogen) atoms. The molecule has 11 nitrogen and oxygen atoms in total. The number of nitrogens with zero attached hydrogens (tertiary/aromatic N) is 6. The number of aryl methyl sites for hydroxylation is 2. The highest BCUT2D eigenvalue weighted by atomic mass is 35.5. The zero-order chi connectivity index (χ0) is 25.2. The van der Waals surface area contributed by atoms with E-state index < -0.39 is 6.09 Å². The van der Waals surface area contributed by atoms with Crippen LogP contribution >= 0.6 is 23.2 Å². The molecule has 3 N–H and O–H groups in total. The Morgan fingerprint density at radius 3 is 2.81 bits per heavy atom. The summed E-state index contributed by atoms with van der Waals surface area (Å²) in [4.78, 5) is 23.1. The fraction of sp³-hybridized carbons (Fsp3) is 0.435. The van der Waals surface area contributed by atoms with Crippen LogP contribution in [0.25, 0.3) is 33.3 Å². The fourth-order valence-corrected chi connectivity index (χ4v) is 6.08. The Hall–Kier alpha value is -3.15. The summed E-state index contributed by atoms with van der Waals surface area (Å²) in [7, 11) is 1.77. The minimum atomic E-state index is -1.01. The van der Waals surface area contributed by atoms with Crippen LogP contribution in [0.2, 0.25) is 10.2 Å². The molecule has 0 bridgehead atoms. The van der Waals surface area contributed by atoms with Crippen molar-refractivity contribution in [3.05, 3.63) is 28.0 Å². The number of aromatic amines is 1. The second-order valence-electron chi connectivity index (χ2n) is 9.51. The van der Waals surface area contributed by atoms with Crippen LogP contribution < -0.4 is 10.2 Å². The molecule has 1 atom stereocenters. The van der Waals surface area contributed by atoms with Crippen molar-refractivity contribution < 1.29 is 14.6 Å². The molecular weight excluding hydrogens is 507 g/mol. The largest absolute Gasteiger partial charge is 0.465 e. The van der Waals surface area contributed by atoms with E-state index in [1.165, 1.54) is 0 Å². The third kappa shape index (κ3) is 3.56. The van der Waals surface area contributed by atoms with Gasteiger partial charge in [0.05, 0.1) is 46.6 Å². The van der Waals surface area contributed by atoms with E-state index in [9.17, 15) is 9.90 Å². The van der Waals surface area contributed by atoms with Crippen molar-refractivity contribution in [2.45, 2.75) is 25.8 Å². The van der Waals surface area contributed by atoms with Crippen LogP contribution in [0.3, 0.4) is 0 Å². The molecule has 6 rings (SSSR count). The Bertz CT molecular complexity index is 1510. The molecule has 2 aliphatic rings. The number of carboxylic acid groups (broad SMARTS) is 1. The highest BCUT2D eigenvalue weighted by Gasteiger charge is 2.47. The first kappa shape index (κ1) is 23.3. The van der Waals surface area contributed by atoms with Crippen molar-refractivity contribution in [2.75, 3.05) is 31.2 Å². The molecule has 2 saturated heterocycles. The van der Waals surface area contributed by atoms with Gasteiger partial charge in [-0.3, -0.25) is 9.78 Å². The van der Waals surface area contributed by atoms with Gasteiger partial charge in [-0.15, -0.1) is 0 Å². The summed E-state index contributed by atoms with van der Waals surface area (Å²) in [5, 5.41) is 25.3. The van der Waals surface area contributed by atoms with E-state index >= 15 is 0 Å². The Balaban J connectivity index is 1.30. The summed E-state index contributed by atoms with van der Waals surface area (Å²) in [6.45, 7) is 4.35. The van der Waals surface area contributed by atoms with E-state index in [1.54, 1.807) is 11.7 Å². The third-order valence-electron chi connectivity index (χ3n) is 7.44. The van der Waals surface area contributed by atoms with Crippen molar-refractivity contribution in [3.8, 4) is 11.3 Å². The molecule has 3 aromatic heterocycles. The van der Waals surface area contributed by atoms with Gasteiger partial charge in [0.25, 0.3) is 0 Å². The molecule has 5 heterocycles. The van der Waals surface area contributed by atoms with Gasteiger partial charge in [0, 0.05) is 31.1 Å². The van der Waals surface area contributed by atoms with Gasteiger partial charge in [0.15, 0.2) is 5.82 Å². The number of fused-ring (bicyclic) bond motifs is 2. The molecule has 0 saturated carbocycles. The topological polar surface area (TPSA) is 134 Å². The maximum Gasteiger partial charge on any atom is 0.404 e. The number of H-pyrrole nitrogens is 1. The Morgan fingerprint density at radius 1 is 1.28 bits per heavy atom. The predicted octanol–water partition coefficient (Wildman–Crippen LogP) is 3.77. The number of benzene rings is 1. The van der Waals surface area contributed by atoms with E-state index in [1.807, 2.05) is 19.1 Å². The molecule has 0 unspecified atom stereocenters. The van der Waals surface area contributed by atoms with Gasteiger partial charge in [-0.05, 0) is 31.9 Å². The van der Waals surface area contributed by atoms with E-state index in [0.29, 0.717) is 51.2 Å². The smallest absolute Gasteiger partial charge is 0.404 e. The highest BCUT2D eigenvalue weighted by molar-refractivity contribution is 6.43. The monoisotopic (exact) mass is 530 g/mol. The summed E-state index contributed by atoms with van der Waals surface area (Å²) in [5.74, 6) is 0.772. The first-order chi connectivity index (χ1) is 17.3. The summed E-state index contributed by atoms with van der Waals surface area (Å²) < 4.78 is 7.24. The minimum Gasteiger partial charge on any atom is -0.465 e. The number of piperidine rings is 1. The summed E-state index contributed by atoms with van der Waals surface area (Å²) >= 11 is 13.2. The molecule has 4 aromatic rings. The molecular formula is C23H24Cl2N8O3. The van der Waals surface area contributed by atoms with Crippen LogP contribution in [0, 0.1) is 12.3 Å². The molecule has 1 amide bonds. The van der Waals surface area contributed by atoms with Crippen LogP contribution in [-0.2, 0) is 11.8 Å². The lowest BCUT2D eigenvalue weighted by Crippen LogP contribution is -2.52. The third-order valence-corrected chi connectivity index (χ3v) is 8.27. The van der Waals surface area contributed by atoms with Gasteiger partial charge in [-0.25, -0.2) is 14.8 Å². The van der Waals surface area contributed by atoms with Crippen LogP contribution in [-0.4, -0.2) is 73.5 Å². The summed E-state index contributed by atoms with van der Waals surface area (Å²) in [6, 6.07) is 3.55. The Kier molecular flexibility index (Phi) is 5.47. The van der Waals surface area contributed by atoms with Crippen LogP contribution in [0.5, 0.6) is 0 Å². The number of ether oxygens (including phenoxy) is 1. The molecule has 0 aliphatic carbocycles. The maximum absolute atomic E-state index is 11.2.